The third kappa shape index (κ3) is 2.27. The minimum absolute atomic E-state index is 0.235. The quantitative estimate of drug-likeness (QED) is 0.789. The smallest absolute Gasteiger partial charge is 0.219 e. The van der Waals surface area contributed by atoms with Crippen LogP contribution in [0.2, 0.25) is 0 Å². The first kappa shape index (κ1) is 11.7. The largest absolute Gasteiger partial charge is 0.342 e. The summed E-state index contributed by atoms with van der Waals surface area (Å²) in [6.07, 6.45) is 0. The summed E-state index contributed by atoms with van der Waals surface area (Å²) in [5.41, 5.74) is 1.39. The van der Waals surface area contributed by atoms with Crippen LogP contribution in [-0.4, -0.2) is 41.9 Å². The lowest BCUT2D eigenvalue weighted by molar-refractivity contribution is -0.128. The van der Waals surface area contributed by atoms with Crippen molar-refractivity contribution in [2.24, 2.45) is 11.8 Å². The zero-order valence-corrected chi connectivity index (χ0v) is 10.9. The molecule has 2 atom stereocenters. The molecule has 1 aromatic rings. The Kier molecular flexibility index (Phi) is 3.08. The molecule has 2 fully saturated rings. The Morgan fingerprint density at radius 1 is 1.11 bits per heavy atom. The van der Waals surface area contributed by atoms with E-state index < -0.39 is 0 Å². The van der Waals surface area contributed by atoms with Crippen LogP contribution in [0, 0.1) is 11.8 Å². The van der Waals surface area contributed by atoms with Crippen molar-refractivity contribution in [1.29, 1.82) is 0 Å². The summed E-state index contributed by atoms with van der Waals surface area (Å²) >= 11 is 0. The second-order valence-corrected chi connectivity index (χ2v) is 5.62. The molecule has 2 saturated heterocycles. The molecule has 3 nitrogen and oxygen atoms in total. The highest BCUT2D eigenvalue weighted by molar-refractivity contribution is 5.73. The molecule has 1 amide bonds. The normalized spacial score (nSPS) is 27.5. The average molecular weight is 244 g/mol. The number of likely N-dealkylation sites (tertiary alicyclic amines) is 2. The molecular weight excluding hydrogens is 224 g/mol. The van der Waals surface area contributed by atoms with Gasteiger partial charge < -0.3 is 4.90 Å². The van der Waals surface area contributed by atoms with Gasteiger partial charge in [-0.25, -0.2) is 0 Å². The fourth-order valence-corrected chi connectivity index (χ4v) is 3.32. The number of amides is 1. The van der Waals surface area contributed by atoms with E-state index in [1.807, 2.05) is 4.90 Å². The van der Waals surface area contributed by atoms with Gasteiger partial charge in [0.1, 0.15) is 0 Å². The molecule has 0 saturated carbocycles. The van der Waals surface area contributed by atoms with Crippen LogP contribution in [-0.2, 0) is 11.3 Å². The Balaban J connectivity index is 1.57. The van der Waals surface area contributed by atoms with E-state index in [1.54, 1.807) is 6.92 Å². The molecule has 0 spiro atoms. The van der Waals surface area contributed by atoms with Gasteiger partial charge in [-0.05, 0) is 17.4 Å². The number of carbonyl (C=O) groups is 1. The summed E-state index contributed by atoms with van der Waals surface area (Å²) in [6, 6.07) is 10.6. The zero-order valence-electron chi connectivity index (χ0n) is 10.9. The molecule has 3 rings (SSSR count). The van der Waals surface area contributed by atoms with Crippen molar-refractivity contribution >= 4 is 5.91 Å². The van der Waals surface area contributed by atoms with Crippen molar-refractivity contribution in [3.05, 3.63) is 35.9 Å². The molecule has 2 aliphatic heterocycles. The number of carbonyl (C=O) groups excluding carboxylic acids is 1. The number of benzene rings is 1. The lowest BCUT2D eigenvalue weighted by atomic mass is 10.0. The first-order valence-corrected chi connectivity index (χ1v) is 6.74. The molecule has 0 N–H and O–H groups in total. The lowest BCUT2D eigenvalue weighted by Gasteiger charge is -2.20. The number of hydrogen-bond acceptors (Lipinski definition) is 2. The van der Waals surface area contributed by atoms with Gasteiger partial charge in [-0.15, -0.1) is 0 Å². The zero-order chi connectivity index (χ0) is 12.5. The molecule has 2 aliphatic rings. The topological polar surface area (TPSA) is 23.6 Å². The number of hydrogen-bond donors (Lipinski definition) is 0. The van der Waals surface area contributed by atoms with Crippen LogP contribution >= 0.6 is 0 Å². The molecule has 1 aromatic carbocycles. The monoisotopic (exact) mass is 244 g/mol. The van der Waals surface area contributed by atoms with E-state index in [9.17, 15) is 4.79 Å². The van der Waals surface area contributed by atoms with Gasteiger partial charge in [-0.1, -0.05) is 30.3 Å². The summed E-state index contributed by atoms with van der Waals surface area (Å²) < 4.78 is 0. The van der Waals surface area contributed by atoms with Gasteiger partial charge in [0.25, 0.3) is 0 Å². The number of nitrogens with zero attached hydrogens (tertiary/aromatic N) is 2. The molecule has 0 bridgehead atoms. The van der Waals surface area contributed by atoms with Gasteiger partial charge in [0.2, 0.25) is 5.91 Å². The third-order valence-electron chi connectivity index (χ3n) is 4.26. The second-order valence-electron chi connectivity index (χ2n) is 5.62. The van der Waals surface area contributed by atoms with Gasteiger partial charge in [-0.3, -0.25) is 9.69 Å². The van der Waals surface area contributed by atoms with E-state index in [4.69, 9.17) is 0 Å². The molecule has 2 heterocycles. The van der Waals surface area contributed by atoms with Crippen molar-refractivity contribution in [2.75, 3.05) is 26.2 Å². The SMILES string of the molecule is CC(=O)N1C[C@H]2CN(Cc3ccccc3)C[C@@H]2C1. The van der Waals surface area contributed by atoms with Crippen LogP contribution in [0.25, 0.3) is 0 Å². The van der Waals surface area contributed by atoms with Crippen LogP contribution in [0.5, 0.6) is 0 Å². The van der Waals surface area contributed by atoms with Gasteiger partial charge in [0, 0.05) is 39.6 Å². The molecule has 0 radical (unpaired) electrons. The standard InChI is InChI=1S/C15H20N2O/c1-12(18)17-10-14-8-16(9-15(14)11-17)7-13-5-3-2-4-6-13/h2-6,14-15H,7-11H2,1H3/t14-,15-/m1/s1. The molecule has 0 unspecified atom stereocenters. The summed E-state index contributed by atoms with van der Waals surface area (Å²) in [6.45, 7) is 6.94. The van der Waals surface area contributed by atoms with Gasteiger partial charge in [-0.2, -0.15) is 0 Å². The maximum absolute atomic E-state index is 11.4. The van der Waals surface area contributed by atoms with E-state index >= 15 is 0 Å². The first-order valence-electron chi connectivity index (χ1n) is 6.74. The highest BCUT2D eigenvalue weighted by Crippen LogP contribution is 2.31. The van der Waals surface area contributed by atoms with Crippen LogP contribution < -0.4 is 0 Å². The van der Waals surface area contributed by atoms with E-state index in [1.165, 1.54) is 5.56 Å². The molecule has 18 heavy (non-hydrogen) atoms. The van der Waals surface area contributed by atoms with Crippen molar-refractivity contribution < 1.29 is 4.79 Å². The molecule has 0 aromatic heterocycles. The maximum Gasteiger partial charge on any atom is 0.219 e. The van der Waals surface area contributed by atoms with Crippen molar-refractivity contribution in [3.63, 3.8) is 0 Å². The Morgan fingerprint density at radius 3 is 2.28 bits per heavy atom. The van der Waals surface area contributed by atoms with Crippen molar-refractivity contribution in [2.45, 2.75) is 13.5 Å². The highest BCUT2D eigenvalue weighted by Gasteiger charge is 2.40. The highest BCUT2D eigenvalue weighted by atomic mass is 16.2. The van der Waals surface area contributed by atoms with Gasteiger partial charge in [0.15, 0.2) is 0 Å². The molecule has 0 aliphatic carbocycles. The third-order valence-corrected chi connectivity index (χ3v) is 4.26. The van der Waals surface area contributed by atoms with Crippen LogP contribution in [0.1, 0.15) is 12.5 Å². The summed E-state index contributed by atoms with van der Waals surface area (Å²) in [5.74, 6) is 1.62. The minimum atomic E-state index is 0.235. The Labute approximate surface area is 108 Å². The van der Waals surface area contributed by atoms with Crippen LogP contribution in [0.15, 0.2) is 30.3 Å². The molecule has 96 valence electrons. The Bertz CT molecular complexity index is 417. The molecule has 3 heteroatoms. The molecular formula is C15H20N2O. The van der Waals surface area contributed by atoms with E-state index in [0.29, 0.717) is 11.8 Å². The minimum Gasteiger partial charge on any atom is -0.342 e. The number of rotatable bonds is 2. The summed E-state index contributed by atoms with van der Waals surface area (Å²) in [7, 11) is 0. The number of fused-ring (bicyclic) bond motifs is 1. The lowest BCUT2D eigenvalue weighted by Crippen LogP contribution is -2.31. The fourth-order valence-electron chi connectivity index (χ4n) is 3.32. The second kappa shape index (κ2) is 4.73. The Hall–Kier alpha value is -1.35. The van der Waals surface area contributed by atoms with Gasteiger partial charge >= 0.3 is 0 Å². The Morgan fingerprint density at radius 2 is 1.72 bits per heavy atom. The van der Waals surface area contributed by atoms with E-state index in [2.05, 4.69) is 35.2 Å². The fraction of sp³-hybridized carbons (Fsp3) is 0.533. The van der Waals surface area contributed by atoms with Crippen LogP contribution in [0.4, 0.5) is 0 Å². The summed E-state index contributed by atoms with van der Waals surface area (Å²) in [4.78, 5) is 15.9. The van der Waals surface area contributed by atoms with Crippen molar-refractivity contribution in [3.8, 4) is 0 Å². The van der Waals surface area contributed by atoms with E-state index in [0.717, 1.165) is 32.7 Å². The first-order chi connectivity index (χ1) is 8.72. The summed E-state index contributed by atoms with van der Waals surface area (Å²) in [5, 5.41) is 0. The predicted octanol–water partition coefficient (Wildman–Crippen LogP) is 1.60. The van der Waals surface area contributed by atoms with Crippen LogP contribution in [0.3, 0.4) is 0 Å². The predicted molar refractivity (Wildman–Crippen MR) is 71.0 cm³/mol. The van der Waals surface area contributed by atoms with Crippen molar-refractivity contribution in [1.82, 2.24) is 9.80 Å². The van der Waals surface area contributed by atoms with Gasteiger partial charge in [0.05, 0.1) is 0 Å². The maximum atomic E-state index is 11.4. The average Bonchev–Trinajstić information content (AvgIpc) is 2.88. The van der Waals surface area contributed by atoms with E-state index in [-0.39, 0.29) is 5.91 Å².